The van der Waals surface area contributed by atoms with E-state index in [9.17, 15) is 9.18 Å². The van der Waals surface area contributed by atoms with E-state index in [1.54, 1.807) is 13.2 Å². The number of carboxylic acid groups (broad SMARTS) is 1. The van der Waals surface area contributed by atoms with Gasteiger partial charge in [0.05, 0.1) is 11.7 Å². The first-order valence-electron chi connectivity index (χ1n) is 6.37. The van der Waals surface area contributed by atoms with Crippen molar-refractivity contribution in [1.82, 2.24) is 4.90 Å². The van der Waals surface area contributed by atoms with Gasteiger partial charge < -0.3 is 9.84 Å². The van der Waals surface area contributed by atoms with Crippen LogP contribution in [0.5, 0.6) is 0 Å². The van der Waals surface area contributed by atoms with Crippen molar-refractivity contribution in [3.05, 3.63) is 35.1 Å². The van der Waals surface area contributed by atoms with Gasteiger partial charge in [0, 0.05) is 26.7 Å². The second-order valence-electron chi connectivity index (χ2n) is 4.83. The van der Waals surface area contributed by atoms with E-state index in [4.69, 9.17) is 9.84 Å². The van der Waals surface area contributed by atoms with Crippen LogP contribution in [-0.4, -0.2) is 42.3 Å². The Labute approximate surface area is 111 Å². The molecule has 0 amide bonds. The number of piperidine rings is 1. The van der Waals surface area contributed by atoms with Gasteiger partial charge in [0.1, 0.15) is 5.82 Å². The third-order valence-electron chi connectivity index (χ3n) is 3.54. The van der Waals surface area contributed by atoms with Crippen LogP contribution in [0.15, 0.2) is 18.2 Å². The number of hydrogen-bond donors (Lipinski definition) is 1. The normalized spacial score (nSPS) is 17.6. The number of benzene rings is 1. The summed E-state index contributed by atoms with van der Waals surface area (Å²) in [6.07, 6.45) is 2.28. The standard InChI is InChI=1S/C14H18FNO3/c1-19-11-4-6-16(7-5-11)9-10-2-3-12(14(17)18)13(15)8-10/h2-3,8,11H,4-7,9H2,1H3,(H,17,18). The molecule has 1 fully saturated rings. The van der Waals surface area contributed by atoms with Crippen molar-refractivity contribution in [3.63, 3.8) is 0 Å². The number of halogens is 1. The largest absolute Gasteiger partial charge is 0.478 e. The van der Waals surface area contributed by atoms with Gasteiger partial charge in [-0.2, -0.15) is 0 Å². The molecule has 1 aromatic rings. The van der Waals surface area contributed by atoms with E-state index in [1.165, 1.54) is 12.1 Å². The van der Waals surface area contributed by atoms with Crippen molar-refractivity contribution in [1.29, 1.82) is 0 Å². The first-order valence-corrected chi connectivity index (χ1v) is 6.37. The summed E-state index contributed by atoms with van der Waals surface area (Å²) in [6.45, 7) is 2.48. The lowest BCUT2D eigenvalue weighted by molar-refractivity contribution is 0.0388. The van der Waals surface area contributed by atoms with Crippen molar-refractivity contribution >= 4 is 5.97 Å². The minimum atomic E-state index is -1.23. The van der Waals surface area contributed by atoms with Crippen LogP contribution < -0.4 is 0 Å². The molecule has 0 atom stereocenters. The molecule has 1 heterocycles. The number of likely N-dealkylation sites (tertiary alicyclic amines) is 1. The van der Waals surface area contributed by atoms with Gasteiger partial charge in [-0.25, -0.2) is 9.18 Å². The number of aromatic carboxylic acids is 1. The van der Waals surface area contributed by atoms with E-state index < -0.39 is 11.8 Å². The van der Waals surface area contributed by atoms with Crippen molar-refractivity contribution in [2.45, 2.75) is 25.5 Å². The van der Waals surface area contributed by atoms with Crippen LogP contribution in [-0.2, 0) is 11.3 Å². The molecule has 104 valence electrons. The Morgan fingerprint density at radius 1 is 1.47 bits per heavy atom. The van der Waals surface area contributed by atoms with Gasteiger partial charge in [-0.05, 0) is 30.5 Å². The van der Waals surface area contributed by atoms with Crippen LogP contribution in [0.3, 0.4) is 0 Å². The van der Waals surface area contributed by atoms with Gasteiger partial charge in [0.15, 0.2) is 0 Å². The summed E-state index contributed by atoms with van der Waals surface area (Å²) in [7, 11) is 1.72. The lowest BCUT2D eigenvalue weighted by Crippen LogP contribution is -2.36. The molecule has 0 aliphatic carbocycles. The second kappa shape index (κ2) is 6.12. The topological polar surface area (TPSA) is 49.8 Å². The monoisotopic (exact) mass is 267 g/mol. The highest BCUT2D eigenvalue weighted by molar-refractivity contribution is 5.87. The summed E-state index contributed by atoms with van der Waals surface area (Å²) >= 11 is 0. The quantitative estimate of drug-likeness (QED) is 0.908. The van der Waals surface area contributed by atoms with Gasteiger partial charge in [-0.1, -0.05) is 6.07 Å². The number of methoxy groups -OCH3 is 1. The van der Waals surface area contributed by atoms with E-state index in [-0.39, 0.29) is 5.56 Å². The molecule has 0 radical (unpaired) electrons. The van der Waals surface area contributed by atoms with Crippen LogP contribution in [0.4, 0.5) is 4.39 Å². The van der Waals surface area contributed by atoms with Gasteiger partial charge in [0.2, 0.25) is 0 Å². The lowest BCUT2D eigenvalue weighted by atomic mass is 10.1. The maximum absolute atomic E-state index is 13.6. The number of ether oxygens (including phenoxy) is 1. The minimum Gasteiger partial charge on any atom is -0.478 e. The van der Waals surface area contributed by atoms with Crippen LogP contribution >= 0.6 is 0 Å². The highest BCUT2D eigenvalue weighted by Crippen LogP contribution is 2.17. The average Bonchev–Trinajstić information content (AvgIpc) is 2.39. The fourth-order valence-electron chi connectivity index (χ4n) is 2.39. The van der Waals surface area contributed by atoms with E-state index in [0.717, 1.165) is 31.5 Å². The number of carbonyl (C=O) groups is 1. The Bertz CT molecular complexity index is 456. The van der Waals surface area contributed by atoms with Crippen LogP contribution in [0, 0.1) is 5.82 Å². The molecule has 1 saturated heterocycles. The van der Waals surface area contributed by atoms with Crippen molar-refractivity contribution in [2.24, 2.45) is 0 Å². The van der Waals surface area contributed by atoms with Gasteiger partial charge in [-0.3, -0.25) is 4.90 Å². The molecule has 5 heteroatoms. The molecule has 2 rings (SSSR count). The van der Waals surface area contributed by atoms with E-state index >= 15 is 0 Å². The Kier molecular flexibility index (Phi) is 4.50. The van der Waals surface area contributed by atoms with E-state index in [0.29, 0.717) is 12.6 Å². The summed E-state index contributed by atoms with van der Waals surface area (Å²) in [5.41, 5.74) is 0.528. The van der Waals surface area contributed by atoms with E-state index in [2.05, 4.69) is 4.90 Å². The summed E-state index contributed by atoms with van der Waals surface area (Å²) in [6, 6.07) is 4.32. The highest BCUT2D eigenvalue weighted by Gasteiger charge is 2.19. The number of nitrogens with zero attached hydrogens (tertiary/aromatic N) is 1. The predicted octanol–water partition coefficient (Wildman–Crippen LogP) is 2.13. The minimum absolute atomic E-state index is 0.276. The molecule has 19 heavy (non-hydrogen) atoms. The SMILES string of the molecule is COC1CCN(Cc2ccc(C(=O)O)c(F)c2)CC1. The molecular formula is C14H18FNO3. The maximum atomic E-state index is 13.6. The lowest BCUT2D eigenvalue weighted by Gasteiger charge is -2.31. The van der Waals surface area contributed by atoms with Gasteiger partial charge >= 0.3 is 5.97 Å². The molecule has 1 aliphatic rings. The number of rotatable bonds is 4. The summed E-state index contributed by atoms with van der Waals surface area (Å²) in [5, 5.41) is 8.77. The zero-order valence-corrected chi connectivity index (χ0v) is 10.9. The molecule has 1 aromatic carbocycles. The second-order valence-corrected chi connectivity index (χ2v) is 4.83. The van der Waals surface area contributed by atoms with Crippen molar-refractivity contribution in [3.8, 4) is 0 Å². The third kappa shape index (κ3) is 3.52. The summed E-state index contributed by atoms with van der Waals surface area (Å²) in [4.78, 5) is 13.0. The van der Waals surface area contributed by atoms with Crippen LogP contribution in [0.25, 0.3) is 0 Å². The predicted molar refractivity (Wildman–Crippen MR) is 68.7 cm³/mol. The number of hydrogen-bond acceptors (Lipinski definition) is 3. The van der Waals surface area contributed by atoms with Crippen molar-refractivity contribution in [2.75, 3.05) is 20.2 Å². The van der Waals surface area contributed by atoms with Gasteiger partial charge in [-0.15, -0.1) is 0 Å². The third-order valence-corrected chi connectivity index (χ3v) is 3.54. The highest BCUT2D eigenvalue weighted by atomic mass is 19.1. The zero-order valence-electron chi connectivity index (χ0n) is 10.9. The molecule has 0 unspecified atom stereocenters. The molecule has 0 bridgehead atoms. The summed E-state index contributed by atoms with van der Waals surface area (Å²) in [5.74, 6) is -1.90. The molecule has 1 aliphatic heterocycles. The summed E-state index contributed by atoms with van der Waals surface area (Å²) < 4.78 is 18.9. The average molecular weight is 267 g/mol. The Hall–Kier alpha value is -1.46. The van der Waals surface area contributed by atoms with Gasteiger partial charge in [0.25, 0.3) is 0 Å². The smallest absolute Gasteiger partial charge is 0.338 e. The first-order chi connectivity index (χ1) is 9.10. The van der Waals surface area contributed by atoms with Crippen LogP contribution in [0.1, 0.15) is 28.8 Å². The molecular weight excluding hydrogens is 249 g/mol. The van der Waals surface area contributed by atoms with Crippen LogP contribution in [0.2, 0.25) is 0 Å². The van der Waals surface area contributed by atoms with Crippen molar-refractivity contribution < 1.29 is 19.0 Å². The maximum Gasteiger partial charge on any atom is 0.338 e. The Morgan fingerprint density at radius 2 is 2.16 bits per heavy atom. The number of carboxylic acids is 1. The molecule has 0 saturated carbocycles. The molecule has 0 spiro atoms. The first kappa shape index (κ1) is 14.0. The molecule has 4 nitrogen and oxygen atoms in total. The molecule has 1 N–H and O–H groups in total. The zero-order chi connectivity index (χ0) is 13.8. The molecule has 0 aromatic heterocycles. The fraction of sp³-hybridized carbons (Fsp3) is 0.500. The van der Waals surface area contributed by atoms with E-state index in [1.807, 2.05) is 0 Å². The fourth-order valence-corrected chi connectivity index (χ4v) is 2.39. The Balaban J connectivity index is 1.97. The Morgan fingerprint density at radius 3 is 2.68 bits per heavy atom.